The molecule has 3 aromatic rings. The van der Waals surface area contributed by atoms with E-state index < -0.39 is 0 Å². The van der Waals surface area contributed by atoms with Gasteiger partial charge in [-0.3, -0.25) is 4.79 Å². The molecular formula is C21H22ClN5O2. The van der Waals surface area contributed by atoms with Gasteiger partial charge in [-0.1, -0.05) is 17.7 Å². The normalized spacial score (nSPS) is 18.2. The van der Waals surface area contributed by atoms with E-state index in [1.165, 1.54) is 0 Å². The quantitative estimate of drug-likeness (QED) is 0.717. The van der Waals surface area contributed by atoms with Crippen LogP contribution in [0.15, 0.2) is 30.7 Å². The third kappa shape index (κ3) is 3.24. The van der Waals surface area contributed by atoms with Gasteiger partial charge >= 0.3 is 0 Å². The summed E-state index contributed by atoms with van der Waals surface area (Å²) >= 11 is 6.40. The molecule has 8 heteroatoms. The fraction of sp³-hybridized carbons (Fsp3) is 0.381. The topological polar surface area (TPSA) is 74.0 Å². The Kier molecular flexibility index (Phi) is 4.64. The van der Waals surface area contributed by atoms with Crippen molar-refractivity contribution in [3.63, 3.8) is 0 Å². The van der Waals surface area contributed by atoms with Gasteiger partial charge in [-0.25, -0.2) is 9.67 Å². The number of benzene rings is 1. The molecule has 0 radical (unpaired) electrons. The number of hydrogen-bond donors (Lipinski definition) is 1. The van der Waals surface area contributed by atoms with Gasteiger partial charge in [0.1, 0.15) is 5.69 Å². The zero-order valence-electron chi connectivity index (χ0n) is 16.2. The number of rotatable bonds is 3. The van der Waals surface area contributed by atoms with Crippen LogP contribution in [-0.2, 0) is 24.3 Å². The number of carbonyl (C=O) groups excluding carboxylic acids is 1. The highest BCUT2D eigenvalue weighted by atomic mass is 35.5. The third-order valence-electron chi connectivity index (χ3n) is 5.66. The molecule has 150 valence electrons. The lowest BCUT2D eigenvalue weighted by Gasteiger charge is -2.25. The van der Waals surface area contributed by atoms with Crippen molar-refractivity contribution in [3.05, 3.63) is 64.0 Å². The first kappa shape index (κ1) is 18.4. The minimum Gasteiger partial charge on any atom is -0.373 e. The largest absolute Gasteiger partial charge is 0.373 e. The minimum atomic E-state index is -0.274. The second-order valence-electron chi connectivity index (χ2n) is 7.64. The average molecular weight is 412 g/mol. The fourth-order valence-corrected chi connectivity index (χ4v) is 4.35. The van der Waals surface area contributed by atoms with Crippen molar-refractivity contribution in [2.45, 2.75) is 45.4 Å². The molecule has 4 heterocycles. The SMILES string of the molecule is Cc1ccc(Cl)c(-n2ncc3c2COC[C@H]3NC(=O)c2ncn3c2CCCC3)c1. The molecule has 1 N–H and O–H groups in total. The Morgan fingerprint density at radius 1 is 1.31 bits per heavy atom. The Bertz CT molecular complexity index is 1090. The number of fused-ring (bicyclic) bond motifs is 2. The summed E-state index contributed by atoms with van der Waals surface area (Å²) in [7, 11) is 0. The Labute approximate surface area is 173 Å². The monoisotopic (exact) mass is 411 g/mol. The molecule has 1 aromatic carbocycles. The Morgan fingerprint density at radius 2 is 2.21 bits per heavy atom. The Balaban J connectivity index is 1.43. The van der Waals surface area contributed by atoms with E-state index in [-0.39, 0.29) is 11.9 Å². The van der Waals surface area contributed by atoms with Gasteiger partial charge in [-0.2, -0.15) is 5.10 Å². The number of amides is 1. The summed E-state index contributed by atoms with van der Waals surface area (Å²) in [5.41, 5.74) is 5.31. The van der Waals surface area contributed by atoms with E-state index >= 15 is 0 Å². The number of aryl methyl sites for hydroxylation is 2. The van der Waals surface area contributed by atoms with Crippen molar-refractivity contribution in [2.24, 2.45) is 0 Å². The zero-order valence-corrected chi connectivity index (χ0v) is 16.9. The highest BCUT2D eigenvalue weighted by molar-refractivity contribution is 6.32. The smallest absolute Gasteiger partial charge is 0.272 e. The van der Waals surface area contributed by atoms with Crippen LogP contribution in [0, 0.1) is 6.92 Å². The van der Waals surface area contributed by atoms with E-state index in [0.717, 1.165) is 54.0 Å². The molecular weight excluding hydrogens is 390 g/mol. The summed E-state index contributed by atoms with van der Waals surface area (Å²) < 4.78 is 9.68. The third-order valence-corrected chi connectivity index (χ3v) is 5.98. The lowest BCUT2D eigenvalue weighted by Crippen LogP contribution is -2.35. The molecule has 2 aromatic heterocycles. The summed E-state index contributed by atoms with van der Waals surface area (Å²) in [6.07, 6.45) is 6.67. The van der Waals surface area contributed by atoms with Gasteiger partial charge in [0.25, 0.3) is 5.91 Å². The summed E-state index contributed by atoms with van der Waals surface area (Å²) in [4.78, 5) is 17.3. The lowest BCUT2D eigenvalue weighted by atomic mass is 10.0. The molecule has 0 fully saturated rings. The van der Waals surface area contributed by atoms with Gasteiger partial charge in [0.05, 0.1) is 53.9 Å². The van der Waals surface area contributed by atoms with Gasteiger partial charge in [0.2, 0.25) is 0 Å². The van der Waals surface area contributed by atoms with Gasteiger partial charge < -0.3 is 14.6 Å². The van der Waals surface area contributed by atoms with Crippen molar-refractivity contribution in [2.75, 3.05) is 6.61 Å². The van der Waals surface area contributed by atoms with Crippen LogP contribution < -0.4 is 5.32 Å². The molecule has 2 aliphatic heterocycles. The van der Waals surface area contributed by atoms with Crippen molar-refractivity contribution in [1.82, 2.24) is 24.6 Å². The predicted molar refractivity (Wildman–Crippen MR) is 108 cm³/mol. The molecule has 0 bridgehead atoms. The van der Waals surface area contributed by atoms with Crippen LogP contribution in [0.1, 0.15) is 51.9 Å². The first-order valence-electron chi connectivity index (χ1n) is 9.88. The molecule has 5 rings (SSSR count). The van der Waals surface area contributed by atoms with Gasteiger partial charge in [0, 0.05) is 12.1 Å². The van der Waals surface area contributed by atoms with Gasteiger partial charge in [-0.15, -0.1) is 0 Å². The lowest BCUT2D eigenvalue weighted by molar-refractivity contribution is 0.0684. The molecule has 1 atom stereocenters. The second kappa shape index (κ2) is 7.31. The van der Waals surface area contributed by atoms with Crippen molar-refractivity contribution < 1.29 is 9.53 Å². The molecule has 29 heavy (non-hydrogen) atoms. The molecule has 1 amide bonds. The molecule has 0 saturated carbocycles. The Morgan fingerprint density at radius 3 is 3.10 bits per heavy atom. The van der Waals surface area contributed by atoms with E-state index in [1.54, 1.807) is 12.5 Å². The maximum Gasteiger partial charge on any atom is 0.272 e. The fourth-order valence-electron chi connectivity index (χ4n) is 4.15. The van der Waals surface area contributed by atoms with E-state index in [9.17, 15) is 4.79 Å². The van der Waals surface area contributed by atoms with Gasteiger partial charge in [0.15, 0.2) is 0 Å². The van der Waals surface area contributed by atoms with Crippen molar-refractivity contribution in [1.29, 1.82) is 0 Å². The average Bonchev–Trinajstić information content (AvgIpc) is 3.35. The summed E-state index contributed by atoms with van der Waals surface area (Å²) in [6, 6.07) is 5.55. The Hall–Kier alpha value is -2.64. The first-order chi connectivity index (χ1) is 14.1. The predicted octanol–water partition coefficient (Wildman–Crippen LogP) is 3.37. The summed E-state index contributed by atoms with van der Waals surface area (Å²) in [5.74, 6) is -0.163. The van der Waals surface area contributed by atoms with Crippen LogP contribution in [0.2, 0.25) is 5.02 Å². The summed E-state index contributed by atoms with van der Waals surface area (Å²) in [6.45, 7) is 3.77. The number of imidazole rings is 1. The molecule has 0 spiro atoms. The van der Waals surface area contributed by atoms with Crippen LogP contribution in [0.4, 0.5) is 0 Å². The molecule has 0 unspecified atom stereocenters. The number of hydrogen-bond acceptors (Lipinski definition) is 4. The van der Waals surface area contributed by atoms with Crippen molar-refractivity contribution >= 4 is 17.5 Å². The molecule has 0 aliphatic carbocycles. The highest BCUT2D eigenvalue weighted by Crippen LogP contribution is 2.30. The zero-order chi connectivity index (χ0) is 20.0. The van der Waals surface area contributed by atoms with E-state index in [1.807, 2.05) is 29.8 Å². The number of carbonyl (C=O) groups is 1. The van der Waals surface area contributed by atoms with Gasteiger partial charge in [-0.05, 0) is 43.9 Å². The number of halogens is 1. The van der Waals surface area contributed by atoms with E-state index in [2.05, 4.69) is 20.0 Å². The number of ether oxygens (including phenoxy) is 1. The highest BCUT2D eigenvalue weighted by Gasteiger charge is 2.29. The first-order valence-corrected chi connectivity index (χ1v) is 10.3. The molecule has 7 nitrogen and oxygen atoms in total. The van der Waals surface area contributed by atoms with E-state index in [0.29, 0.717) is 23.9 Å². The number of nitrogens with one attached hydrogen (secondary N) is 1. The maximum absolute atomic E-state index is 12.9. The van der Waals surface area contributed by atoms with Crippen LogP contribution >= 0.6 is 11.6 Å². The van der Waals surface area contributed by atoms with Crippen LogP contribution in [-0.4, -0.2) is 31.8 Å². The summed E-state index contributed by atoms with van der Waals surface area (Å²) in [5, 5.41) is 8.26. The second-order valence-corrected chi connectivity index (χ2v) is 8.05. The standard InChI is InChI=1S/C21H22ClN5O2/c1-13-5-6-15(22)18(8-13)27-19-11-29-10-16(14(19)9-24-27)25-21(28)20-17-4-2-3-7-26(17)12-23-20/h5-6,8-9,12,16H,2-4,7,10-11H2,1H3,(H,25,28)/t16-/m1/s1. The van der Waals surface area contributed by atoms with Crippen LogP contribution in [0.25, 0.3) is 5.69 Å². The van der Waals surface area contributed by atoms with E-state index in [4.69, 9.17) is 16.3 Å². The molecule has 2 aliphatic rings. The van der Waals surface area contributed by atoms with Crippen molar-refractivity contribution in [3.8, 4) is 5.69 Å². The molecule has 0 saturated heterocycles. The number of nitrogens with zero attached hydrogens (tertiary/aromatic N) is 4. The number of aromatic nitrogens is 4. The van der Waals surface area contributed by atoms with Crippen LogP contribution in [0.5, 0.6) is 0 Å². The van der Waals surface area contributed by atoms with Crippen LogP contribution in [0.3, 0.4) is 0 Å². The minimum absolute atomic E-state index is 0.163. The maximum atomic E-state index is 12.9.